The van der Waals surface area contributed by atoms with Gasteiger partial charge in [0, 0.05) is 6.04 Å². The van der Waals surface area contributed by atoms with E-state index >= 15 is 0 Å². The molecule has 102 valence electrons. The predicted molar refractivity (Wildman–Crippen MR) is 69.5 cm³/mol. The van der Waals surface area contributed by atoms with Crippen LogP contribution in [0.1, 0.15) is 32.1 Å². The van der Waals surface area contributed by atoms with Gasteiger partial charge in [0.2, 0.25) is 10.0 Å². The summed E-state index contributed by atoms with van der Waals surface area (Å²) in [6.45, 7) is 1.68. The van der Waals surface area contributed by atoms with Crippen LogP contribution in [0.15, 0.2) is 0 Å². The summed E-state index contributed by atoms with van der Waals surface area (Å²) in [6.07, 6.45) is 5.60. The molecule has 0 spiro atoms. The topological polar surface area (TPSA) is 58.2 Å². The predicted octanol–water partition coefficient (Wildman–Crippen LogP) is 0.702. The van der Waals surface area contributed by atoms with Crippen LogP contribution in [0, 0.1) is 23.7 Å². The highest BCUT2D eigenvalue weighted by molar-refractivity contribution is 7.90. The minimum Gasteiger partial charge on any atom is -0.317 e. The fraction of sp³-hybridized carbons (Fsp3) is 1.00. The van der Waals surface area contributed by atoms with E-state index in [2.05, 4.69) is 10.0 Å². The third-order valence-electron chi connectivity index (χ3n) is 5.76. The van der Waals surface area contributed by atoms with Gasteiger partial charge in [0.25, 0.3) is 0 Å². The maximum Gasteiger partial charge on any atom is 0.214 e. The molecule has 5 heteroatoms. The van der Waals surface area contributed by atoms with Crippen molar-refractivity contribution in [3.05, 3.63) is 0 Å². The van der Waals surface area contributed by atoms with Crippen LogP contribution in [0.5, 0.6) is 0 Å². The zero-order chi connectivity index (χ0) is 12.3. The standard InChI is InChI=1S/C13H22N2O2S/c16-18(17,10-3-5-14-6-4-10)15-13-11-8-1-2-9(7-8)12(11)13/h8-15H,1-7H2. The van der Waals surface area contributed by atoms with E-state index in [9.17, 15) is 8.42 Å². The summed E-state index contributed by atoms with van der Waals surface area (Å²) in [4.78, 5) is 0. The molecule has 4 nitrogen and oxygen atoms in total. The van der Waals surface area contributed by atoms with Crippen molar-refractivity contribution in [2.24, 2.45) is 23.7 Å². The van der Waals surface area contributed by atoms with Crippen LogP contribution < -0.4 is 10.0 Å². The molecule has 4 atom stereocenters. The second-order valence-corrected chi connectivity index (χ2v) is 8.62. The van der Waals surface area contributed by atoms with E-state index in [1.54, 1.807) is 0 Å². The normalized spacial score (nSPS) is 47.2. The van der Waals surface area contributed by atoms with Gasteiger partial charge in [-0.15, -0.1) is 0 Å². The van der Waals surface area contributed by atoms with Crippen molar-refractivity contribution in [3.63, 3.8) is 0 Å². The number of sulfonamides is 1. The lowest BCUT2D eigenvalue weighted by Gasteiger charge is -2.23. The molecule has 1 saturated heterocycles. The lowest BCUT2D eigenvalue weighted by Crippen LogP contribution is -2.43. The first-order chi connectivity index (χ1) is 8.67. The number of piperidine rings is 1. The summed E-state index contributed by atoms with van der Waals surface area (Å²) in [6, 6.07) is 0.302. The molecular formula is C13H22N2O2S. The van der Waals surface area contributed by atoms with Crippen molar-refractivity contribution < 1.29 is 8.42 Å². The molecule has 2 N–H and O–H groups in total. The molecule has 4 fully saturated rings. The van der Waals surface area contributed by atoms with Crippen LogP contribution in [0.2, 0.25) is 0 Å². The molecule has 1 heterocycles. The Morgan fingerprint density at radius 1 is 0.944 bits per heavy atom. The third-order valence-corrected chi connectivity index (χ3v) is 7.71. The Bertz CT molecular complexity index is 428. The number of fused-ring (bicyclic) bond motifs is 5. The van der Waals surface area contributed by atoms with Crippen molar-refractivity contribution in [2.75, 3.05) is 13.1 Å². The fourth-order valence-corrected chi connectivity index (χ4v) is 6.62. The molecule has 0 aromatic rings. The van der Waals surface area contributed by atoms with E-state index in [0.29, 0.717) is 17.9 Å². The molecule has 0 radical (unpaired) electrons. The highest BCUT2D eigenvalue weighted by Gasteiger charge is 2.65. The molecule has 0 aromatic heterocycles. The Kier molecular flexibility index (Phi) is 2.55. The molecule has 18 heavy (non-hydrogen) atoms. The summed E-state index contributed by atoms with van der Waals surface area (Å²) in [5.74, 6) is 3.06. The van der Waals surface area contributed by atoms with Gasteiger partial charge in [0.05, 0.1) is 5.25 Å². The first kappa shape index (κ1) is 11.7. The first-order valence-corrected chi connectivity index (χ1v) is 8.93. The second-order valence-electron chi connectivity index (χ2n) is 6.63. The average molecular weight is 270 g/mol. The van der Waals surface area contributed by atoms with Gasteiger partial charge in [-0.3, -0.25) is 0 Å². The zero-order valence-corrected chi connectivity index (χ0v) is 11.5. The van der Waals surface area contributed by atoms with E-state index in [0.717, 1.165) is 37.8 Å². The van der Waals surface area contributed by atoms with Gasteiger partial charge < -0.3 is 5.32 Å². The van der Waals surface area contributed by atoms with Crippen molar-refractivity contribution >= 4 is 10.0 Å². The highest BCUT2D eigenvalue weighted by Crippen LogP contribution is 2.65. The molecule has 3 saturated carbocycles. The Labute approximate surface area is 109 Å². The van der Waals surface area contributed by atoms with Gasteiger partial charge >= 0.3 is 0 Å². The zero-order valence-electron chi connectivity index (χ0n) is 10.6. The lowest BCUT2D eigenvalue weighted by atomic mass is 10.0. The largest absolute Gasteiger partial charge is 0.317 e. The maximum absolute atomic E-state index is 12.4. The van der Waals surface area contributed by atoms with E-state index in [4.69, 9.17) is 0 Å². The van der Waals surface area contributed by atoms with Gasteiger partial charge in [0.1, 0.15) is 0 Å². The van der Waals surface area contributed by atoms with Crippen molar-refractivity contribution in [3.8, 4) is 0 Å². The molecule has 4 aliphatic rings. The Balaban J connectivity index is 1.43. The van der Waals surface area contributed by atoms with Crippen molar-refractivity contribution in [1.82, 2.24) is 10.0 Å². The number of hydrogen-bond acceptors (Lipinski definition) is 3. The summed E-state index contributed by atoms with van der Waals surface area (Å²) in [7, 11) is -3.07. The Morgan fingerprint density at radius 3 is 2.17 bits per heavy atom. The summed E-state index contributed by atoms with van der Waals surface area (Å²) in [5, 5.41) is 3.07. The van der Waals surface area contributed by atoms with E-state index in [1.807, 2.05) is 0 Å². The SMILES string of the molecule is O=S(=O)(NC1C2C3CCC(C3)C12)C1CCNCC1. The summed E-state index contributed by atoms with van der Waals surface area (Å²) >= 11 is 0. The Hall–Kier alpha value is -0.130. The van der Waals surface area contributed by atoms with Gasteiger partial charge in [0.15, 0.2) is 0 Å². The first-order valence-electron chi connectivity index (χ1n) is 7.39. The Morgan fingerprint density at radius 2 is 1.56 bits per heavy atom. The maximum atomic E-state index is 12.4. The van der Waals surface area contributed by atoms with Gasteiger partial charge in [-0.2, -0.15) is 0 Å². The number of hydrogen-bond donors (Lipinski definition) is 2. The van der Waals surface area contributed by atoms with Crippen LogP contribution >= 0.6 is 0 Å². The third kappa shape index (κ3) is 1.67. The van der Waals surface area contributed by atoms with Gasteiger partial charge in [-0.1, -0.05) is 0 Å². The summed E-state index contributed by atoms with van der Waals surface area (Å²) < 4.78 is 27.8. The minimum absolute atomic E-state index is 0.155. The molecule has 4 unspecified atom stereocenters. The second kappa shape index (κ2) is 3.93. The fourth-order valence-electron chi connectivity index (χ4n) is 4.87. The summed E-state index contributed by atoms with van der Waals surface area (Å²) in [5.41, 5.74) is 0. The molecule has 0 amide bonds. The van der Waals surface area contributed by atoms with Crippen molar-refractivity contribution in [1.29, 1.82) is 0 Å². The minimum atomic E-state index is -3.07. The van der Waals surface area contributed by atoms with Crippen LogP contribution in [0.25, 0.3) is 0 Å². The molecule has 2 bridgehead atoms. The van der Waals surface area contributed by atoms with Gasteiger partial charge in [-0.25, -0.2) is 13.1 Å². The molecule has 3 aliphatic carbocycles. The smallest absolute Gasteiger partial charge is 0.214 e. The molecule has 0 aromatic carbocycles. The van der Waals surface area contributed by atoms with E-state index in [1.165, 1.54) is 19.3 Å². The lowest BCUT2D eigenvalue weighted by molar-refractivity contribution is 0.456. The highest BCUT2D eigenvalue weighted by atomic mass is 32.2. The quantitative estimate of drug-likeness (QED) is 0.794. The molecule has 1 aliphatic heterocycles. The van der Waals surface area contributed by atoms with E-state index < -0.39 is 10.0 Å². The van der Waals surface area contributed by atoms with Crippen LogP contribution in [-0.2, 0) is 10.0 Å². The van der Waals surface area contributed by atoms with Crippen LogP contribution in [-0.4, -0.2) is 32.8 Å². The number of nitrogens with one attached hydrogen (secondary N) is 2. The van der Waals surface area contributed by atoms with Crippen molar-refractivity contribution in [2.45, 2.75) is 43.4 Å². The van der Waals surface area contributed by atoms with Crippen LogP contribution in [0.3, 0.4) is 0 Å². The van der Waals surface area contributed by atoms with Gasteiger partial charge in [-0.05, 0) is 68.9 Å². The number of rotatable bonds is 3. The molecule has 4 rings (SSSR count). The molecular weight excluding hydrogens is 248 g/mol. The van der Waals surface area contributed by atoms with Crippen LogP contribution in [0.4, 0.5) is 0 Å². The van der Waals surface area contributed by atoms with E-state index in [-0.39, 0.29) is 5.25 Å². The average Bonchev–Trinajstić information content (AvgIpc) is 2.77. The monoisotopic (exact) mass is 270 g/mol.